The van der Waals surface area contributed by atoms with Gasteiger partial charge in [-0.15, -0.1) is 0 Å². The van der Waals surface area contributed by atoms with E-state index in [1.165, 1.54) is 0 Å². The molecule has 5 N–H and O–H groups in total. The van der Waals surface area contributed by atoms with Gasteiger partial charge in [0, 0.05) is 19.3 Å². The summed E-state index contributed by atoms with van der Waals surface area (Å²) in [4.78, 5) is 27.6. The Hall–Kier alpha value is 0.260. The van der Waals surface area contributed by atoms with Crippen LogP contribution in [-0.4, -0.2) is 44.1 Å². The molecule has 1 rings (SSSR count). The molecule has 2 atom stereocenters. The summed E-state index contributed by atoms with van der Waals surface area (Å²) in [5, 5.41) is 9.77. The molecule has 0 spiro atoms. The highest BCUT2D eigenvalue weighted by Gasteiger charge is 2.56. The van der Waals surface area contributed by atoms with Gasteiger partial charge in [-0.25, -0.2) is 0 Å². The predicted molar refractivity (Wildman–Crippen MR) is 67.6 cm³/mol. The first-order valence-electron chi connectivity index (χ1n) is 5.90. The molecule has 1 aliphatic carbocycles. The van der Waals surface area contributed by atoms with E-state index < -0.39 is 26.6 Å². The van der Waals surface area contributed by atoms with Crippen LogP contribution in [0.25, 0.3) is 0 Å². The van der Waals surface area contributed by atoms with Crippen LogP contribution >= 0.6 is 15.0 Å². The van der Waals surface area contributed by atoms with E-state index in [2.05, 4.69) is 5.32 Å². The minimum atomic E-state index is -5.10. The van der Waals surface area contributed by atoms with Crippen molar-refractivity contribution in [2.24, 2.45) is 0 Å². The van der Waals surface area contributed by atoms with Gasteiger partial charge in [0.2, 0.25) is 7.37 Å². The third-order valence-electron chi connectivity index (χ3n) is 3.36. The normalized spacial score (nSPS) is 25.4. The van der Waals surface area contributed by atoms with Crippen LogP contribution < -0.4 is 5.32 Å². The molecule has 108 valence electrons. The maximum absolute atomic E-state index is 11.5. The lowest BCUT2D eigenvalue weighted by Crippen LogP contribution is -2.44. The molecule has 0 saturated heterocycles. The number of aliphatic hydroxyl groups is 1. The van der Waals surface area contributed by atoms with Gasteiger partial charge in [0.25, 0.3) is 5.08 Å². The van der Waals surface area contributed by atoms with Gasteiger partial charge in [-0.05, 0) is 12.8 Å². The van der Waals surface area contributed by atoms with Crippen molar-refractivity contribution >= 4 is 15.0 Å². The Labute approximate surface area is 106 Å². The first-order valence-corrected chi connectivity index (χ1v) is 9.61. The SMILES string of the molecule is CP(=O)(O)C(O)(CNC1CCCCC1)P(=O)(O)O. The third kappa shape index (κ3) is 3.64. The first kappa shape index (κ1) is 16.3. The molecule has 1 fully saturated rings. The Morgan fingerprint density at radius 1 is 1.17 bits per heavy atom. The second-order valence-corrected chi connectivity index (χ2v) is 9.59. The number of hydrogen-bond acceptors (Lipinski definition) is 4. The van der Waals surface area contributed by atoms with Crippen molar-refractivity contribution in [3.05, 3.63) is 0 Å². The molecule has 0 amide bonds. The summed E-state index contributed by atoms with van der Waals surface area (Å²) in [6.45, 7) is 0.181. The summed E-state index contributed by atoms with van der Waals surface area (Å²) < 4.78 is 22.8. The van der Waals surface area contributed by atoms with Crippen molar-refractivity contribution in [3.8, 4) is 0 Å². The Bertz CT molecular complexity index is 347. The number of hydrogen-bond donors (Lipinski definition) is 5. The minimum Gasteiger partial charge on any atom is -0.368 e. The van der Waals surface area contributed by atoms with Gasteiger partial charge in [-0.3, -0.25) is 9.13 Å². The maximum Gasteiger partial charge on any atom is 0.368 e. The maximum atomic E-state index is 11.5. The second-order valence-electron chi connectivity index (χ2n) is 4.91. The van der Waals surface area contributed by atoms with E-state index in [1.54, 1.807) is 0 Å². The van der Waals surface area contributed by atoms with Gasteiger partial charge in [-0.2, -0.15) is 0 Å². The quantitative estimate of drug-likeness (QED) is 0.471. The molecular formula is C9H21NO6P2. The zero-order valence-corrected chi connectivity index (χ0v) is 12.1. The van der Waals surface area contributed by atoms with Crippen LogP contribution in [0, 0.1) is 0 Å². The highest BCUT2D eigenvalue weighted by Crippen LogP contribution is 2.67. The van der Waals surface area contributed by atoms with Crippen molar-refractivity contribution < 1.29 is 28.9 Å². The van der Waals surface area contributed by atoms with Crippen LogP contribution in [0.3, 0.4) is 0 Å². The molecule has 0 bridgehead atoms. The standard InChI is InChI=1S/C9H21NO6P2/c1-17(12,13)9(11,18(14,15)16)7-10-8-5-3-2-4-6-8/h8,10-11H,2-7H2,1H3,(H,12,13)(H2,14,15,16). The van der Waals surface area contributed by atoms with E-state index in [4.69, 9.17) is 9.79 Å². The molecule has 0 heterocycles. The molecule has 2 unspecified atom stereocenters. The smallest absolute Gasteiger partial charge is 0.368 e. The minimum absolute atomic E-state index is 0.0309. The van der Waals surface area contributed by atoms with Crippen molar-refractivity contribution in [3.63, 3.8) is 0 Å². The summed E-state index contributed by atoms with van der Waals surface area (Å²) in [7, 11) is -9.44. The summed E-state index contributed by atoms with van der Waals surface area (Å²) in [6.07, 6.45) is 4.82. The molecule has 9 heteroatoms. The number of rotatable bonds is 5. The first-order chi connectivity index (χ1) is 8.08. The van der Waals surface area contributed by atoms with Crippen molar-refractivity contribution in [2.45, 2.75) is 43.2 Å². The lowest BCUT2D eigenvalue weighted by Gasteiger charge is -2.33. The van der Waals surface area contributed by atoms with E-state index in [1.807, 2.05) is 0 Å². The van der Waals surface area contributed by atoms with Crippen LogP contribution in [0.2, 0.25) is 0 Å². The molecule has 0 aromatic heterocycles. The van der Waals surface area contributed by atoms with E-state index in [0.717, 1.165) is 38.8 Å². The molecular weight excluding hydrogens is 280 g/mol. The van der Waals surface area contributed by atoms with Gasteiger partial charge in [-0.1, -0.05) is 19.3 Å². The highest BCUT2D eigenvalue weighted by molar-refractivity contribution is 7.74. The lowest BCUT2D eigenvalue weighted by molar-refractivity contribution is 0.141. The van der Waals surface area contributed by atoms with Gasteiger partial charge in [0.15, 0.2) is 0 Å². The van der Waals surface area contributed by atoms with Gasteiger partial charge in [0.05, 0.1) is 0 Å². The molecule has 18 heavy (non-hydrogen) atoms. The Morgan fingerprint density at radius 2 is 1.67 bits per heavy atom. The fraction of sp³-hybridized carbons (Fsp3) is 1.00. The molecule has 0 radical (unpaired) electrons. The molecule has 1 aliphatic rings. The molecule has 7 nitrogen and oxygen atoms in total. The Kier molecular flexibility index (Phi) is 5.18. The van der Waals surface area contributed by atoms with Gasteiger partial charge >= 0.3 is 7.60 Å². The van der Waals surface area contributed by atoms with Crippen LogP contribution in [0.1, 0.15) is 32.1 Å². The molecule has 0 aromatic rings. The molecule has 0 aliphatic heterocycles. The average molecular weight is 301 g/mol. The lowest BCUT2D eigenvalue weighted by atomic mass is 9.96. The summed E-state index contributed by atoms with van der Waals surface area (Å²) in [5.74, 6) is 0. The van der Waals surface area contributed by atoms with Crippen LogP contribution in [0.4, 0.5) is 0 Å². The summed E-state index contributed by atoms with van der Waals surface area (Å²) in [6, 6.07) is 0.0309. The monoisotopic (exact) mass is 301 g/mol. The summed E-state index contributed by atoms with van der Waals surface area (Å²) >= 11 is 0. The highest BCUT2D eigenvalue weighted by atomic mass is 31.2. The number of nitrogens with one attached hydrogen (secondary N) is 1. The van der Waals surface area contributed by atoms with Crippen molar-refractivity contribution in [1.29, 1.82) is 0 Å². The summed E-state index contributed by atoms with van der Waals surface area (Å²) in [5.41, 5.74) is 0. The second kappa shape index (κ2) is 5.71. The molecule has 1 saturated carbocycles. The zero-order valence-electron chi connectivity index (χ0n) is 10.3. The molecule has 0 aromatic carbocycles. The fourth-order valence-electron chi connectivity index (χ4n) is 2.08. The largest absolute Gasteiger partial charge is 0.368 e. The van der Waals surface area contributed by atoms with Crippen LogP contribution in [0.5, 0.6) is 0 Å². The van der Waals surface area contributed by atoms with Gasteiger partial charge in [0.1, 0.15) is 0 Å². The van der Waals surface area contributed by atoms with Crippen molar-refractivity contribution in [1.82, 2.24) is 5.32 Å². The van der Waals surface area contributed by atoms with Gasteiger partial charge < -0.3 is 25.1 Å². The van der Waals surface area contributed by atoms with E-state index in [-0.39, 0.29) is 6.04 Å². The predicted octanol–water partition coefficient (Wildman–Crippen LogP) is 0.633. The topological polar surface area (TPSA) is 127 Å². The zero-order chi connectivity index (χ0) is 14.0. The Morgan fingerprint density at radius 3 is 2.06 bits per heavy atom. The van der Waals surface area contributed by atoms with E-state index in [0.29, 0.717) is 0 Å². The van der Waals surface area contributed by atoms with E-state index in [9.17, 15) is 19.1 Å². The van der Waals surface area contributed by atoms with Crippen molar-refractivity contribution in [2.75, 3.05) is 13.2 Å². The Balaban J connectivity index is 2.74. The van der Waals surface area contributed by atoms with E-state index >= 15 is 0 Å². The average Bonchev–Trinajstić information content (AvgIpc) is 2.24. The fourth-order valence-corrected chi connectivity index (χ4v) is 4.69. The third-order valence-corrected chi connectivity index (χ3v) is 7.84. The van der Waals surface area contributed by atoms with Crippen LogP contribution in [0.15, 0.2) is 0 Å². The van der Waals surface area contributed by atoms with Crippen LogP contribution in [-0.2, 0) is 9.13 Å².